The van der Waals surface area contributed by atoms with Crippen LogP contribution in [0.25, 0.3) is 0 Å². The van der Waals surface area contributed by atoms with E-state index >= 15 is 0 Å². The number of ketones is 1. The lowest BCUT2D eigenvalue weighted by molar-refractivity contribution is -0.114. The summed E-state index contributed by atoms with van der Waals surface area (Å²) in [6.45, 7) is 14.5. The fraction of sp³-hybridized carbons (Fsp3) is 0.625. The fourth-order valence-corrected chi connectivity index (χ4v) is 2.09. The number of allylic oxidation sites excluding steroid dienone is 4. The van der Waals surface area contributed by atoms with Crippen LogP contribution >= 0.6 is 0 Å². The quantitative estimate of drug-likeness (QED) is 0.536. The molecule has 0 N–H and O–H groups in total. The summed E-state index contributed by atoms with van der Waals surface area (Å²) < 4.78 is 0. The highest BCUT2D eigenvalue weighted by Crippen LogP contribution is 2.37. The van der Waals surface area contributed by atoms with E-state index in [-0.39, 0.29) is 16.6 Å². The van der Waals surface area contributed by atoms with Gasteiger partial charge in [0.15, 0.2) is 5.78 Å². The molecule has 1 heterocycles. The predicted octanol–water partition coefficient (Wildman–Crippen LogP) is 3.19. The van der Waals surface area contributed by atoms with E-state index in [2.05, 4.69) is 46.6 Å². The highest BCUT2D eigenvalue weighted by Gasteiger charge is 2.34. The number of carbonyl (C=O) groups is 1. The highest BCUT2D eigenvalue weighted by atomic mass is 16.1. The van der Waals surface area contributed by atoms with Crippen molar-refractivity contribution >= 4 is 11.5 Å². The minimum atomic E-state index is -0.151. The second kappa shape index (κ2) is 4.32. The molecule has 1 aliphatic carbocycles. The first-order valence-corrected chi connectivity index (χ1v) is 6.91. The zero-order valence-electron chi connectivity index (χ0n) is 12.9. The molecular formula is C16H24N2O. The summed E-state index contributed by atoms with van der Waals surface area (Å²) in [5.41, 5.74) is 2.33. The van der Waals surface area contributed by atoms with Gasteiger partial charge in [-0.15, -0.1) is 0 Å². The van der Waals surface area contributed by atoms with Crippen molar-refractivity contribution in [2.45, 2.75) is 41.5 Å². The second-order valence-electron chi connectivity index (χ2n) is 7.42. The van der Waals surface area contributed by atoms with Crippen molar-refractivity contribution in [3.63, 3.8) is 0 Å². The van der Waals surface area contributed by atoms with Crippen LogP contribution < -0.4 is 0 Å². The first kappa shape index (κ1) is 14.0. The van der Waals surface area contributed by atoms with Crippen molar-refractivity contribution in [2.75, 3.05) is 13.1 Å². The van der Waals surface area contributed by atoms with E-state index in [1.807, 2.05) is 17.2 Å². The molecule has 0 aromatic heterocycles. The Morgan fingerprint density at radius 1 is 0.947 bits per heavy atom. The predicted molar refractivity (Wildman–Crippen MR) is 79.1 cm³/mol. The summed E-state index contributed by atoms with van der Waals surface area (Å²) in [6, 6.07) is 0. The molecular weight excluding hydrogens is 236 g/mol. The topological polar surface area (TPSA) is 32.4 Å². The molecule has 1 fully saturated rings. The number of carbonyl (C=O) groups excluding carboxylic acids is 1. The molecule has 2 rings (SSSR count). The van der Waals surface area contributed by atoms with Gasteiger partial charge in [0.2, 0.25) is 0 Å². The van der Waals surface area contributed by atoms with Gasteiger partial charge in [0, 0.05) is 11.1 Å². The Hall–Kier alpha value is -1.38. The van der Waals surface area contributed by atoms with Crippen molar-refractivity contribution in [3.8, 4) is 0 Å². The average molecular weight is 260 g/mol. The summed E-state index contributed by atoms with van der Waals surface area (Å²) in [5.74, 6) is 0.171. The number of Topliss-reactive ketones (excluding diaryl/α,β-unsaturated/α-hetero) is 1. The first-order valence-electron chi connectivity index (χ1n) is 6.91. The largest absolute Gasteiger partial charge is 0.293 e. The number of hydrazone groups is 1. The molecule has 1 aliphatic heterocycles. The summed E-state index contributed by atoms with van der Waals surface area (Å²) >= 11 is 0. The Morgan fingerprint density at radius 2 is 1.37 bits per heavy atom. The third kappa shape index (κ3) is 3.14. The zero-order chi connectivity index (χ0) is 14.4. The van der Waals surface area contributed by atoms with Gasteiger partial charge in [0.05, 0.1) is 18.8 Å². The van der Waals surface area contributed by atoms with Gasteiger partial charge in [-0.05, 0) is 23.0 Å². The molecule has 19 heavy (non-hydrogen) atoms. The van der Waals surface area contributed by atoms with Crippen molar-refractivity contribution < 1.29 is 4.79 Å². The smallest absolute Gasteiger partial charge is 0.186 e. The molecule has 0 aromatic carbocycles. The highest BCUT2D eigenvalue weighted by molar-refractivity contribution is 6.22. The SMILES string of the molecule is CC(C)(C)C1=CC(=NN2CC2)C=C(C(C)(C)C)C1=O. The van der Waals surface area contributed by atoms with Gasteiger partial charge < -0.3 is 0 Å². The standard InChI is InChI=1S/C16H24N2O/c1-15(2,3)12-9-11(17-18-7-8-18)10-13(14(12)19)16(4,5)6/h9-10H,7-8H2,1-6H3. The molecule has 0 amide bonds. The first-order chi connectivity index (χ1) is 8.59. The van der Waals surface area contributed by atoms with E-state index < -0.39 is 0 Å². The maximum atomic E-state index is 12.7. The van der Waals surface area contributed by atoms with E-state index in [1.165, 1.54) is 0 Å². The van der Waals surface area contributed by atoms with Crippen molar-refractivity contribution in [1.82, 2.24) is 5.01 Å². The van der Waals surface area contributed by atoms with Gasteiger partial charge in [-0.1, -0.05) is 41.5 Å². The molecule has 2 aliphatic rings. The van der Waals surface area contributed by atoms with Crippen LogP contribution in [-0.4, -0.2) is 29.6 Å². The van der Waals surface area contributed by atoms with Crippen molar-refractivity contribution in [2.24, 2.45) is 15.9 Å². The van der Waals surface area contributed by atoms with Crippen molar-refractivity contribution in [1.29, 1.82) is 0 Å². The lowest BCUT2D eigenvalue weighted by Gasteiger charge is -2.30. The van der Waals surface area contributed by atoms with Crippen LogP contribution in [0.1, 0.15) is 41.5 Å². The summed E-state index contributed by atoms with van der Waals surface area (Å²) in [6.07, 6.45) is 3.91. The van der Waals surface area contributed by atoms with Gasteiger partial charge in [-0.2, -0.15) is 5.10 Å². The van der Waals surface area contributed by atoms with Gasteiger partial charge in [0.1, 0.15) is 0 Å². The molecule has 1 saturated heterocycles. The van der Waals surface area contributed by atoms with Crippen molar-refractivity contribution in [3.05, 3.63) is 23.3 Å². The molecule has 0 aromatic rings. The van der Waals surface area contributed by atoms with Crippen LogP contribution in [0.4, 0.5) is 0 Å². The van der Waals surface area contributed by atoms with Crippen LogP contribution in [0.2, 0.25) is 0 Å². The number of rotatable bonds is 1. The Bertz CT molecular complexity index is 456. The van der Waals surface area contributed by atoms with E-state index in [0.717, 1.165) is 29.9 Å². The van der Waals surface area contributed by atoms with Gasteiger partial charge >= 0.3 is 0 Å². The van der Waals surface area contributed by atoms with Gasteiger partial charge in [-0.3, -0.25) is 9.80 Å². The summed E-state index contributed by atoms with van der Waals surface area (Å²) in [5, 5.41) is 6.57. The van der Waals surface area contributed by atoms with E-state index in [4.69, 9.17) is 0 Å². The van der Waals surface area contributed by atoms with Gasteiger partial charge in [-0.25, -0.2) is 0 Å². The molecule has 0 saturated carbocycles. The molecule has 0 atom stereocenters. The zero-order valence-corrected chi connectivity index (χ0v) is 12.9. The number of hydrogen-bond acceptors (Lipinski definition) is 3. The molecule has 3 heteroatoms. The third-order valence-corrected chi connectivity index (χ3v) is 3.37. The Kier molecular flexibility index (Phi) is 3.20. The molecule has 0 unspecified atom stereocenters. The minimum Gasteiger partial charge on any atom is -0.293 e. The lowest BCUT2D eigenvalue weighted by atomic mass is 9.72. The minimum absolute atomic E-state index is 0.151. The number of nitrogens with zero attached hydrogens (tertiary/aromatic N) is 2. The van der Waals surface area contributed by atoms with Crippen LogP contribution in [0.15, 0.2) is 28.4 Å². The normalized spacial score (nSPS) is 20.2. The summed E-state index contributed by atoms with van der Waals surface area (Å²) in [4.78, 5) is 12.7. The lowest BCUT2D eigenvalue weighted by Crippen LogP contribution is -2.29. The monoisotopic (exact) mass is 260 g/mol. The van der Waals surface area contributed by atoms with Crippen LogP contribution in [0.5, 0.6) is 0 Å². The van der Waals surface area contributed by atoms with E-state index in [0.29, 0.717) is 0 Å². The molecule has 0 radical (unpaired) electrons. The Morgan fingerprint density at radius 3 is 1.68 bits per heavy atom. The van der Waals surface area contributed by atoms with Crippen LogP contribution in [0, 0.1) is 10.8 Å². The van der Waals surface area contributed by atoms with Gasteiger partial charge in [0.25, 0.3) is 0 Å². The fourth-order valence-electron chi connectivity index (χ4n) is 2.09. The number of hydrogen-bond donors (Lipinski definition) is 0. The molecule has 104 valence electrons. The van der Waals surface area contributed by atoms with Crippen LogP contribution in [-0.2, 0) is 4.79 Å². The molecule has 0 spiro atoms. The Labute approximate surface area is 116 Å². The summed E-state index contributed by atoms with van der Waals surface area (Å²) in [7, 11) is 0. The molecule has 0 bridgehead atoms. The maximum Gasteiger partial charge on any atom is 0.186 e. The Balaban J connectivity index is 2.46. The molecule has 3 nitrogen and oxygen atoms in total. The van der Waals surface area contributed by atoms with E-state index in [1.54, 1.807) is 0 Å². The van der Waals surface area contributed by atoms with Crippen LogP contribution in [0.3, 0.4) is 0 Å². The third-order valence-electron chi connectivity index (χ3n) is 3.37. The average Bonchev–Trinajstić information content (AvgIpc) is 3.00. The second-order valence-corrected chi connectivity index (χ2v) is 7.42. The van der Waals surface area contributed by atoms with E-state index in [9.17, 15) is 4.79 Å². The maximum absolute atomic E-state index is 12.7.